The van der Waals surface area contributed by atoms with Crippen LogP contribution in [0, 0.1) is 6.92 Å². The second-order valence-electron chi connectivity index (χ2n) is 4.11. The van der Waals surface area contributed by atoms with E-state index in [1.807, 2.05) is 18.5 Å². The fourth-order valence-corrected chi connectivity index (χ4v) is 2.18. The van der Waals surface area contributed by atoms with Crippen molar-refractivity contribution in [3.05, 3.63) is 16.3 Å². The summed E-state index contributed by atoms with van der Waals surface area (Å²) in [5, 5.41) is 4.00. The molecule has 1 aliphatic rings. The van der Waals surface area contributed by atoms with Gasteiger partial charge >= 0.3 is 0 Å². The second kappa shape index (κ2) is 3.41. The average Bonchev–Trinajstić information content (AvgIpc) is 2.93. The highest BCUT2D eigenvalue weighted by molar-refractivity contribution is 9.10. The van der Waals surface area contributed by atoms with Gasteiger partial charge in [-0.05, 0) is 35.7 Å². The molecular formula is C10H11BrN4O. The monoisotopic (exact) mass is 282 g/mol. The molecule has 6 heteroatoms. The van der Waals surface area contributed by atoms with E-state index in [1.54, 1.807) is 0 Å². The summed E-state index contributed by atoms with van der Waals surface area (Å²) in [5.41, 5.74) is 1.77. The van der Waals surface area contributed by atoms with Crippen molar-refractivity contribution >= 4 is 15.9 Å². The van der Waals surface area contributed by atoms with E-state index in [4.69, 9.17) is 4.52 Å². The van der Waals surface area contributed by atoms with Crippen molar-refractivity contribution in [1.82, 2.24) is 19.7 Å². The Morgan fingerprint density at radius 2 is 2.12 bits per heavy atom. The van der Waals surface area contributed by atoms with Gasteiger partial charge in [0.25, 0.3) is 5.89 Å². The Balaban J connectivity index is 2.06. The zero-order valence-corrected chi connectivity index (χ0v) is 10.7. The van der Waals surface area contributed by atoms with Gasteiger partial charge in [-0.3, -0.25) is 0 Å². The molecule has 2 aromatic heterocycles. The summed E-state index contributed by atoms with van der Waals surface area (Å²) in [7, 11) is 1.92. The third kappa shape index (κ3) is 1.48. The number of imidazole rings is 1. The summed E-state index contributed by atoms with van der Waals surface area (Å²) in [5.74, 6) is 1.89. The molecule has 1 fully saturated rings. The van der Waals surface area contributed by atoms with Gasteiger partial charge in [-0.2, -0.15) is 4.98 Å². The highest BCUT2D eigenvalue weighted by Gasteiger charge is 2.29. The van der Waals surface area contributed by atoms with Gasteiger partial charge in [0.1, 0.15) is 5.69 Å². The molecule has 2 heterocycles. The SMILES string of the molecule is Cc1nc(Br)n(C)c1-c1nc(C2CC2)no1. The highest BCUT2D eigenvalue weighted by Crippen LogP contribution is 2.39. The third-order valence-electron chi connectivity index (χ3n) is 2.80. The van der Waals surface area contributed by atoms with E-state index in [1.165, 1.54) is 12.8 Å². The summed E-state index contributed by atoms with van der Waals surface area (Å²) in [6.07, 6.45) is 2.35. The molecule has 0 aromatic carbocycles. The van der Waals surface area contributed by atoms with E-state index in [-0.39, 0.29) is 0 Å². The number of rotatable bonds is 2. The first-order chi connectivity index (χ1) is 7.66. The van der Waals surface area contributed by atoms with E-state index in [0.717, 1.165) is 21.9 Å². The molecule has 1 aliphatic carbocycles. The zero-order valence-electron chi connectivity index (χ0n) is 9.07. The normalized spacial score (nSPS) is 15.7. The fourth-order valence-electron chi connectivity index (χ4n) is 1.74. The summed E-state index contributed by atoms with van der Waals surface area (Å²) in [6.45, 7) is 1.93. The molecule has 0 amide bonds. The Kier molecular flexibility index (Phi) is 2.14. The van der Waals surface area contributed by atoms with E-state index >= 15 is 0 Å². The number of halogens is 1. The topological polar surface area (TPSA) is 56.7 Å². The fraction of sp³-hybridized carbons (Fsp3) is 0.500. The first kappa shape index (κ1) is 10.0. The molecule has 3 rings (SSSR count). The van der Waals surface area contributed by atoms with Gasteiger partial charge in [-0.1, -0.05) is 5.16 Å². The lowest BCUT2D eigenvalue weighted by Gasteiger charge is -1.97. The standard InChI is InChI=1S/C10H11BrN4O/c1-5-7(15(2)10(11)12-5)9-13-8(14-16-9)6-3-4-6/h6H,3-4H2,1-2H3. The van der Waals surface area contributed by atoms with Crippen molar-refractivity contribution in [3.8, 4) is 11.6 Å². The Morgan fingerprint density at radius 3 is 2.69 bits per heavy atom. The number of nitrogens with zero attached hydrogens (tertiary/aromatic N) is 4. The van der Waals surface area contributed by atoms with Gasteiger partial charge < -0.3 is 9.09 Å². The van der Waals surface area contributed by atoms with Gasteiger partial charge in [0.2, 0.25) is 0 Å². The minimum atomic E-state index is 0.509. The van der Waals surface area contributed by atoms with Gasteiger partial charge in [-0.15, -0.1) is 0 Å². The van der Waals surface area contributed by atoms with Crippen molar-refractivity contribution in [2.45, 2.75) is 25.7 Å². The van der Waals surface area contributed by atoms with E-state index in [0.29, 0.717) is 11.8 Å². The van der Waals surface area contributed by atoms with E-state index < -0.39 is 0 Å². The van der Waals surface area contributed by atoms with Crippen molar-refractivity contribution in [2.24, 2.45) is 7.05 Å². The van der Waals surface area contributed by atoms with Crippen LogP contribution in [0.2, 0.25) is 0 Å². The average molecular weight is 283 g/mol. The van der Waals surface area contributed by atoms with Crippen LogP contribution >= 0.6 is 15.9 Å². The van der Waals surface area contributed by atoms with E-state index in [9.17, 15) is 0 Å². The second-order valence-corrected chi connectivity index (χ2v) is 4.82. The molecular weight excluding hydrogens is 272 g/mol. The van der Waals surface area contributed by atoms with Crippen LogP contribution in [-0.4, -0.2) is 19.7 Å². The first-order valence-corrected chi connectivity index (χ1v) is 5.99. The Bertz CT molecular complexity index is 541. The molecule has 0 spiro atoms. The molecule has 0 radical (unpaired) electrons. The Morgan fingerprint density at radius 1 is 1.38 bits per heavy atom. The summed E-state index contributed by atoms with van der Waals surface area (Å²) in [6, 6.07) is 0. The smallest absolute Gasteiger partial charge is 0.276 e. The van der Waals surface area contributed by atoms with Crippen LogP contribution in [-0.2, 0) is 7.05 Å². The van der Waals surface area contributed by atoms with Crippen LogP contribution < -0.4 is 0 Å². The maximum Gasteiger partial charge on any atom is 0.276 e. The van der Waals surface area contributed by atoms with Crippen LogP contribution in [0.4, 0.5) is 0 Å². The van der Waals surface area contributed by atoms with Crippen molar-refractivity contribution in [2.75, 3.05) is 0 Å². The molecule has 0 saturated heterocycles. The maximum absolute atomic E-state index is 5.28. The van der Waals surface area contributed by atoms with Crippen LogP contribution in [0.1, 0.15) is 30.3 Å². The molecule has 0 aliphatic heterocycles. The molecule has 1 saturated carbocycles. The Hall–Kier alpha value is -1.17. The molecule has 0 N–H and O–H groups in total. The summed E-state index contributed by atoms with van der Waals surface area (Å²) >= 11 is 3.37. The van der Waals surface area contributed by atoms with E-state index in [2.05, 4.69) is 31.1 Å². The predicted octanol–water partition coefficient (Wildman–Crippen LogP) is 2.42. The summed E-state index contributed by atoms with van der Waals surface area (Å²) < 4.78 is 7.96. The molecule has 2 aromatic rings. The minimum absolute atomic E-state index is 0.509. The largest absolute Gasteiger partial charge is 0.332 e. The third-order valence-corrected chi connectivity index (χ3v) is 3.51. The lowest BCUT2D eigenvalue weighted by atomic mass is 10.3. The summed E-state index contributed by atoms with van der Waals surface area (Å²) in [4.78, 5) is 8.73. The van der Waals surface area contributed by atoms with Gasteiger partial charge in [0.05, 0.1) is 5.69 Å². The maximum atomic E-state index is 5.28. The van der Waals surface area contributed by atoms with Crippen LogP contribution in [0.5, 0.6) is 0 Å². The van der Waals surface area contributed by atoms with Crippen LogP contribution in [0.3, 0.4) is 0 Å². The minimum Gasteiger partial charge on any atom is -0.332 e. The molecule has 0 bridgehead atoms. The first-order valence-electron chi connectivity index (χ1n) is 5.19. The van der Waals surface area contributed by atoms with Crippen molar-refractivity contribution in [1.29, 1.82) is 0 Å². The number of aryl methyl sites for hydroxylation is 1. The highest BCUT2D eigenvalue weighted by atomic mass is 79.9. The lowest BCUT2D eigenvalue weighted by molar-refractivity contribution is 0.420. The van der Waals surface area contributed by atoms with Gasteiger partial charge in [-0.25, -0.2) is 4.98 Å². The van der Waals surface area contributed by atoms with Crippen molar-refractivity contribution < 1.29 is 4.52 Å². The number of hydrogen-bond acceptors (Lipinski definition) is 4. The number of hydrogen-bond donors (Lipinski definition) is 0. The number of aromatic nitrogens is 4. The van der Waals surface area contributed by atoms with Crippen LogP contribution in [0.15, 0.2) is 9.26 Å². The molecule has 16 heavy (non-hydrogen) atoms. The molecule has 0 unspecified atom stereocenters. The molecule has 5 nitrogen and oxygen atoms in total. The van der Waals surface area contributed by atoms with Gasteiger partial charge in [0, 0.05) is 13.0 Å². The zero-order chi connectivity index (χ0) is 11.3. The van der Waals surface area contributed by atoms with Gasteiger partial charge in [0.15, 0.2) is 10.6 Å². The van der Waals surface area contributed by atoms with Crippen molar-refractivity contribution in [3.63, 3.8) is 0 Å². The molecule has 0 atom stereocenters. The lowest BCUT2D eigenvalue weighted by Crippen LogP contribution is -1.93. The van der Waals surface area contributed by atoms with Crippen LogP contribution in [0.25, 0.3) is 11.6 Å². The Labute approximate surface area is 101 Å². The quantitative estimate of drug-likeness (QED) is 0.849. The molecule has 84 valence electrons. The predicted molar refractivity (Wildman–Crippen MR) is 60.9 cm³/mol.